The van der Waals surface area contributed by atoms with E-state index in [-0.39, 0.29) is 0 Å². The predicted molar refractivity (Wildman–Crippen MR) is 85.8 cm³/mol. The average Bonchev–Trinajstić information content (AvgIpc) is 2.36. The molecule has 1 rings (SSSR count). The Hall–Kier alpha value is -0.820. The van der Waals surface area contributed by atoms with Gasteiger partial charge < -0.3 is 5.32 Å². The highest BCUT2D eigenvalue weighted by atomic mass is 14.9. The minimum Gasteiger partial charge on any atom is -0.314 e. The van der Waals surface area contributed by atoms with Crippen molar-refractivity contribution in [3.63, 3.8) is 0 Å². The van der Waals surface area contributed by atoms with Gasteiger partial charge in [-0.25, -0.2) is 0 Å². The van der Waals surface area contributed by atoms with Gasteiger partial charge in [-0.05, 0) is 48.8 Å². The number of hydrogen-bond acceptors (Lipinski definition) is 1. The van der Waals surface area contributed by atoms with Crippen LogP contribution in [0, 0.1) is 5.92 Å². The van der Waals surface area contributed by atoms with Gasteiger partial charge in [0.25, 0.3) is 0 Å². The highest BCUT2D eigenvalue weighted by Gasteiger charge is 2.11. The fraction of sp³-hybridized carbons (Fsp3) is 0.667. The molecule has 1 unspecified atom stereocenters. The first-order valence-electron chi connectivity index (χ1n) is 7.85. The third kappa shape index (κ3) is 6.24. The van der Waals surface area contributed by atoms with E-state index < -0.39 is 0 Å². The molecular weight excluding hydrogens is 230 g/mol. The molecule has 1 nitrogen and oxygen atoms in total. The molecule has 0 aliphatic carbocycles. The maximum atomic E-state index is 3.69. The van der Waals surface area contributed by atoms with E-state index in [1.165, 1.54) is 24.0 Å². The molecule has 0 saturated carbocycles. The van der Waals surface area contributed by atoms with Crippen molar-refractivity contribution < 1.29 is 0 Å². The molecule has 19 heavy (non-hydrogen) atoms. The van der Waals surface area contributed by atoms with Crippen LogP contribution in [0.1, 0.15) is 64.5 Å². The minimum absolute atomic E-state index is 0.616. The standard InChI is InChI=1S/C18H31N/c1-6-11-19-18(12-14(2)3)13-16-7-9-17(10-8-16)15(4)5/h7-10,14-15,18-19H,6,11-13H2,1-5H3. The second-order valence-corrected chi connectivity index (χ2v) is 6.38. The molecule has 0 bridgehead atoms. The molecule has 0 aliphatic heterocycles. The van der Waals surface area contributed by atoms with Gasteiger partial charge in [0, 0.05) is 6.04 Å². The molecule has 1 aromatic carbocycles. The lowest BCUT2D eigenvalue weighted by Crippen LogP contribution is -2.33. The summed E-state index contributed by atoms with van der Waals surface area (Å²) < 4.78 is 0. The van der Waals surface area contributed by atoms with Crippen LogP contribution < -0.4 is 5.32 Å². The van der Waals surface area contributed by atoms with Gasteiger partial charge in [-0.15, -0.1) is 0 Å². The Labute approximate surface area is 119 Å². The summed E-state index contributed by atoms with van der Waals surface area (Å²) in [6, 6.07) is 9.79. The number of benzene rings is 1. The van der Waals surface area contributed by atoms with Gasteiger partial charge >= 0.3 is 0 Å². The molecule has 0 aliphatic rings. The number of nitrogens with one attached hydrogen (secondary N) is 1. The molecule has 1 N–H and O–H groups in total. The van der Waals surface area contributed by atoms with E-state index in [1.807, 2.05) is 0 Å². The van der Waals surface area contributed by atoms with Gasteiger partial charge in [-0.2, -0.15) is 0 Å². The first-order chi connectivity index (χ1) is 9.02. The Kier molecular flexibility index (Phi) is 7.15. The Morgan fingerprint density at radius 1 is 1.00 bits per heavy atom. The van der Waals surface area contributed by atoms with Crippen LogP contribution in [0.2, 0.25) is 0 Å². The Morgan fingerprint density at radius 3 is 2.11 bits per heavy atom. The lowest BCUT2D eigenvalue weighted by Gasteiger charge is -2.21. The zero-order valence-corrected chi connectivity index (χ0v) is 13.4. The van der Waals surface area contributed by atoms with Crippen LogP contribution in [-0.2, 0) is 6.42 Å². The first kappa shape index (κ1) is 16.2. The number of hydrogen-bond donors (Lipinski definition) is 1. The van der Waals surface area contributed by atoms with E-state index in [0.717, 1.165) is 18.9 Å². The van der Waals surface area contributed by atoms with E-state index in [2.05, 4.69) is 64.2 Å². The maximum Gasteiger partial charge on any atom is 0.0110 e. The van der Waals surface area contributed by atoms with Crippen molar-refractivity contribution in [1.29, 1.82) is 0 Å². The minimum atomic E-state index is 0.616. The number of rotatable bonds is 8. The molecule has 1 atom stereocenters. The molecule has 1 heteroatoms. The van der Waals surface area contributed by atoms with Crippen LogP contribution in [0.15, 0.2) is 24.3 Å². The summed E-state index contributed by atoms with van der Waals surface area (Å²) in [7, 11) is 0. The van der Waals surface area contributed by atoms with Crippen LogP contribution in [0.5, 0.6) is 0 Å². The molecule has 0 saturated heterocycles. The highest BCUT2D eigenvalue weighted by Crippen LogP contribution is 2.17. The van der Waals surface area contributed by atoms with Gasteiger partial charge in [0.1, 0.15) is 0 Å². The van der Waals surface area contributed by atoms with Gasteiger partial charge in [0.15, 0.2) is 0 Å². The van der Waals surface area contributed by atoms with Gasteiger partial charge in [0.2, 0.25) is 0 Å². The van der Waals surface area contributed by atoms with Gasteiger partial charge in [-0.3, -0.25) is 0 Å². The predicted octanol–water partition coefficient (Wildman–Crippen LogP) is 4.77. The van der Waals surface area contributed by atoms with Crippen LogP contribution in [0.25, 0.3) is 0 Å². The van der Waals surface area contributed by atoms with Crippen LogP contribution in [0.3, 0.4) is 0 Å². The molecule has 0 aromatic heterocycles. The van der Waals surface area contributed by atoms with Crippen molar-refractivity contribution in [2.75, 3.05) is 6.54 Å². The maximum absolute atomic E-state index is 3.69. The summed E-state index contributed by atoms with van der Waals surface area (Å²) in [5.41, 5.74) is 2.89. The summed E-state index contributed by atoms with van der Waals surface area (Å²) in [5.74, 6) is 1.38. The van der Waals surface area contributed by atoms with Crippen molar-refractivity contribution in [3.8, 4) is 0 Å². The molecule has 0 fully saturated rings. The van der Waals surface area contributed by atoms with Gasteiger partial charge in [-0.1, -0.05) is 58.9 Å². The van der Waals surface area contributed by atoms with Crippen molar-refractivity contribution in [3.05, 3.63) is 35.4 Å². The highest BCUT2D eigenvalue weighted by molar-refractivity contribution is 5.25. The largest absolute Gasteiger partial charge is 0.314 e. The quantitative estimate of drug-likeness (QED) is 0.711. The van der Waals surface area contributed by atoms with Crippen molar-refractivity contribution in [2.24, 2.45) is 5.92 Å². The van der Waals surface area contributed by atoms with Crippen molar-refractivity contribution in [1.82, 2.24) is 5.32 Å². The van der Waals surface area contributed by atoms with Crippen molar-refractivity contribution in [2.45, 2.75) is 65.8 Å². The van der Waals surface area contributed by atoms with E-state index in [1.54, 1.807) is 0 Å². The fourth-order valence-electron chi connectivity index (χ4n) is 2.48. The smallest absolute Gasteiger partial charge is 0.0110 e. The van der Waals surface area contributed by atoms with E-state index in [4.69, 9.17) is 0 Å². The van der Waals surface area contributed by atoms with E-state index in [9.17, 15) is 0 Å². The molecule has 108 valence electrons. The summed E-state index contributed by atoms with van der Waals surface area (Å²) in [5, 5.41) is 3.69. The third-order valence-electron chi connectivity index (χ3n) is 3.57. The SMILES string of the molecule is CCCNC(Cc1ccc(C(C)C)cc1)CC(C)C. The first-order valence-corrected chi connectivity index (χ1v) is 7.85. The topological polar surface area (TPSA) is 12.0 Å². The zero-order chi connectivity index (χ0) is 14.3. The lowest BCUT2D eigenvalue weighted by molar-refractivity contribution is 0.416. The van der Waals surface area contributed by atoms with Crippen LogP contribution in [-0.4, -0.2) is 12.6 Å². The van der Waals surface area contributed by atoms with E-state index >= 15 is 0 Å². The third-order valence-corrected chi connectivity index (χ3v) is 3.57. The molecule has 0 radical (unpaired) electrons. The fourth-order valence-corrected chi connectivity index (χ4v) is 2.48. The summed E-state index contributed by atoms with van der Waals surface area (Å²) in [4.78, 5) is 0. The molecule has 0 heterocycles. The monoisotopic (exact) mass is 261 g/mol. The van der Waals surface area contributed by atoms with Crippen LogP contribution in [0.4, 0.5) is 0 Å². The van der Waals surface area contributed by atoms with Gasteiger partial charge in [0.05, 0.1) is 0 Å². The molecule has 1 aromatic rings. The second-order valence-electron chi connectivity index (χ2n) is 6.38. The van der Waals surface area contributed by atoms with E-state index in [0.29, 0.717) is 12.0 Å². The molecule has 0 spiro atoms. The normalized spacial score (nSPS) is 13.2. The summed E-state index contributed by atoms with van der Waals surface area (Å²) in [6.45, 7) is 12.5. The van der Waals surface area contributed by atoms with Crippen LogP contribution >= 0.6 is 0 Å². The Bertz CT molecular complexity index is 337. The summed E-state index contributed by atoms with van der Waals surface area (Å²) >= 11 is 0. The Morgan fingerprint density at radius 2 is 1.63 bits per heavy atom. The van der Waals surface area contributed by atoms with Crippen molar-refractivity contribution >= 4 is 0 Å². The molecular formula is C18H31N. The zero-order valence-electron chi connectivity index (χ0n) is 13.4. The lowest BCUT2D eigenvalue weighted by atomic mass is 9.95. The molecule has 0 amide bonds. The second kappa shape index (κ2) is 8.37. The summed E-state index contributed by atoms with van der Waals surface area (Å²) in [6.07, 6.45) is 3.61. The average molecular weight is 261 g/mol. The Balaban J connectivity index is 2.61.